The molecular formula is C9H16ClN3OS. The van der Waals surface area contributed by atoms with Crippen molar-refractivity contribution >= 4 is 23.7 Å². The molecule has 0 saturated carbocycles. The summed E-state index contributed by atoms with van der Waals surface area (Å²) in [7, 11) is 0. The monoisotopic (exact) mass is 249 g/mol. The maximum Gasteiger partial charge on any atom is 0.0824 e. The summed E-state index contributed by atoms with van der Waals surface area (Å²) in [5.74, 6) is 0. The maximum absolute atomic E-state index is 5.58. The second kappa shape index (κ2) is 6.40. The summed E-state index contributed by atoms with van der Waals surface area (Å²) in [6.07, 6.45) is 2.13. The van der Waals surface area contributed by atoms with E-state index in [1.807, 2.05) is 11.7 Å². The van der Waals surface area contributed by atoms with Crippen LogP contribution >= 0.6 is 23.7 Å². The molecule has 0 aliphatic carbocycles. The van der Waals surface area contributed by atoms with Gasteiger partial charge < -0.3 is 10.5 Å². The van der Waals surface area contributed by atoms with E-state index in [0.717, 1.165) is 26.2 Å². The Kier molecular flexibility index (Phi) is 5.49. The molecule has 1 unspecified atom stereocenters. The number of rotatable bonds is 3. The quantitative estimate of drug-likeness (QED) is 0.858. The number of nitrogens with zero attached hydrogens (tertiary/aromatic N) is 2. The van der Waals surface area contributed by atoms with Gasteiger partial charge in [0.15, 0.2) is 0 Å². The zero-order chi connectivity index (χ0) is 9.80. The van der Waals surface area contributed by atoms with E-state index < -0.39 is 0 Å². The first-order chi connectivity index (χ1) is 6.88. The maximum atomic E-state index is 5.58. The van der Waals surface area contributed by atoms with Gasteiger partial charge in [0.25, 0.3) is 0 Å². The standard InChI is InChI=1S/C9H15N3OS.ClH/c10-3-8-5-12(1-2-13-8)6-9-4-11-7-14-9;/h4,7-8H,1-3,5-6,10H2;1H. The van der Waals surface area contributed by atoms with Crippen molar-refractivity contribution in [2.75, 3.05) is 26.2 Å². The van der Waals surface area contributed by atoms with Gasteiger partial charge in [-0.15, -0.1) is 23.7 Å². The molecular weight excluding hydrogens is 234 g/mol. The highest BCUT2D eigenvalue weighted by molar-refractivity contribution is 7.09. The highest BCUT2D eigenvalue weighted by Gasteiger charge is 2.19. The molecule has 1 atom stereocenters. The van der Waals surface area contributed by atoms with Gasteiger partial charge in [0.05, 0.1) is 18.2 Å². The normalized spacial score (nSPS) is 22.3. The minimum Gasteiger partial charge on any atom is -0.374 e. The van der Waals surface area contributed by atoms with Crippen molar-refractivity contribution < 1.29 is 4.74 Å². The summed E-state index contributed by atoms with van der Waals surface area (Å²) in [6.45, 7) is 4.31. The molecule has 1 aromatic rings. The van der Waals surface area contributed by atoms with Gasteiger partial charge in [0, 0.05) is 37.3 Å². The molecule has 15 heavy (non-hydrogen) atoms. The van der Waals surface area contributed by atoms with Crippen molar-refractivity contribution in [2.24, 2.45) is 5.73 Å². The molecule has 0 spiro atoms. The first kappa shape index (κ1) is 12.9. The molecule has 4 nitrogen and oxygen atoms in total. The molecule has 1 aliphatic heterocycles. The Morgan fingerprint density at radius 2 is 2.53 bits per heavy atom. The number of hydrogen-bond donors (Lipinski definition) is 1. The van der Waals surface area contributed by atoms with Gasteiger partial charge in [-0.3, -0.25) is 9.88 Å². The summed E-state index contributed by atoms with van der Waals surface area (Å²) in [5, 5.41) is 0. The van der Waals surface area contributed by atoms with Crippen LogP contribution in [0.5, 0.6) is 0 Å². The van der Waals surface area contributed by atoms with Crippen molar-refractivity contribution in [3.63, 3.8) is 0 Å². The van der Waals surface area contributed by atoms with E-state index in [-0.39, 0.29) is 18.5 Å². The Bertz CT molecular complexity index is 270. The van der Waals surface area contributed by atoms with Gasteiger partial charge in [-0.25, -0.2) is 0 Å². The minimum atomic E-state index is 0. The molecule has 0 radical (unpaired) electrons. The molecule has 86 valence electrons. The number of morpholine rings is 1. The van der Waals surface area contributed by atoms with Crippen molar-refractivity contribution in [2.45, 2.75) is 12.6 Å². The largest absolute Gasteiger partial charge is 0.374 e. The van der Waals surface area contributed by atoms with E-state index in [1.165, 1.54) is 4.88 Å². The Balaban J connectivity index is 0.00000112. The predicted octanol–water partition coefficient (Wildman–Crippen LogP) is 0.724. The molecule has 0 bridgehead atoms. The van der Waals surface area contributed by atoms with Gasteiger partial charge in [-0.1, -0.05) is 0 Å². The van der Waals surface area contributed by atoms with Gasteiger partial charge in [0.2, 0.25) is 0 Å². The minimum absolute atomic E-state index is 0. The number of aromatic nitrogens is 1. The number of nitrogens with two attached hydrogens (primary N) is 1. The number of ether oxygens (including phenoxy) is 1. The van der Waals surface area contributed by atoms with Crippen LogP contribution in [0, 0.1) is 0 Å². The molecule has 2 heterocycles. The SMILES string of the molecule is Cl.NCC1CN(Cc2cncs2)CCO1. The topological polar surface area (TPSA) is 51.4 Å². The highest BCUT2D eigenvalue weighted by Crippen LogP contribution is 2.12. The van der Waals surface area contributed by atoms with Crippen LogP contribution in [0.25, 0.3) is 0 Å². The van der Waals surface area contributed by atoms with Crippen LogP contribution in [0.3, 0.4) is 0 Å². The van der Waals surface area contributed by atoms with Crippen LogP contribution < -0.4 is 5.73 Å². The van der Waals surface area contributed by atoms with Crippen LogP contribution in [0.1, 0.15) is 4.88 Å². The van der Waals surface area contributed by atoms with E-state index in [1.54, 1.807) is 11.3 Å². The molecule has 1 aliphatic rings. The molecule has 2 rings (SSSR count). The Morgan fingerprint density at radius 1 is 1.67 bits per heavy atom. The van der Waals surface area contributed by atoms with Crippen molar-refractivity contribution in [3.05, 3.63) is 16.6 Å². The fourth-order valence-corrected chi connectivity index (χ4v) is 2.24. The lowest BCUT2D eigenvalue weighted by Gasteiger charge is -2.31. The van der Waals surface area contributed by atoms with E-state index in [4.69, 9.17) is 10.5 Å². The predicted molar refractivity (Wildman–Crippen MR) is 63.4 cm³/mol. The van der Waals surface area contributed by atoms with E-state index in [0.29, 0.717) is 6.54 Å². The van der Waals surface area contributed by atoms with Crippen molar-refractivity contribution in [1.82, 2.24) is 9.88 Å². The molecule has 1 saturated heterocycles. The second-order valence-corrected chi connectivity index (χ2v) is 4.40. The molecule has 2 N–H and O–H groups in total. The first-order valence-corrected chi connectivity index (χ1v) is 5.68. The summed E-state index contributed by atoms with van der Waals surface area (Å²) in [5.41, 5.74) is 7.45. The number of halogens is 1. The molecule has 1 fully saturated rings. The van der Waals surface area contributed by atoms with E-state index in [9.17, 15) is 0 Å². The smallest absolute Gasteiger partial charge is 0.0824 e. The Labute approximate surface area is 99.8 Å². The number of thiazole rings is 1. The van der Waals surface area contributed by atoms with Crippen LogP contribution in [0.15, 0.2) is 11.7 Å². The van der Waals surface area contributed by atoms with E-state index >= 15 is 0 Å². The van der Waals surface area contributed by atoms with Crippen molar-refractivity contribution in [1.29, 1.82) is 0 Å². The molecule has 1 aromatic heterocycles. The van der Waals surface area contributed by atoms with Gasteiger partial charge in [-0.2, -0.15) is 0 Å². The lowest BCUT2D eigenvalue weighted by molar-refractivity contribution is -0.0257. The van der Waals surface area contributed by atoms with Crippen LogP contribution in [-0.4, -0.2) is 42.2 Å². The van der Waals surface area contributed by atoms with Crippen LogP contribution in [-0.2, 0) is 11.3 Å². The highest BCUT2D eigenvalue weighted by atomic mass is 35.5. The average molecular weight is 250 g/mol. The van der Waals surface area contributed by atoms with Crippen LogP contribution in [0.2, 0.25) is 0 Å². The molecule has 0 aromatic carbocycles. The van der Waals surface area contributed by atoms with Gasteiger partial charge in [0.1, 0.15) is 0 Å². The first-order valence-electron chi connectivity index (χ1n) is 4.80. The Morgan fingerprint density at radius 3 is 3.20 bits per heavy atom. The third-order valence-corrected chi connectivity index (χ3v) is 3.11. The molecule has 0 amide bonds. The average Bonchev–Trinajstić information content (AvgIpc) is 2.71. The third-order valence-electron chi connectivity index (χ3n) is 2.35. The summed E-state index contributed by atoms with van der Waals surface area (Å²) in [4.78, 5) is 7.74. The fraction of sp³-hybridized carbons (Fsp3) is 0.667. The summed E-state index contributed by atoms with van der Waals surface area (Å²) >= 11 is 1.70. The summed E-state index contributed by atoms with van der Waals surface area (Å²) < 4.78 is 5.50. The number of hydrogen-bond acceptors (Lipinski definition) is 5. The lowest BCUT2D eigenvalue weighted by Crippen LogP contribution is -2.44. The van der Waals surface area contributed by atoms with Crippen LogP contribution in [0.4, 0.5) is 0 Å². The lowest BCUT2D eigenvalue weighted by atomic mass is 10.2. The third kappa shape index (κ3) is 3.70. The van der Waals surface area contributed by atoms with E-state index in [2.05, 4.69) is 9.88 Å². The summed E-state index contributed by atoms with van der Waals surface area (Å²) in [6, 6.07) is 0. The zero-order valence-electron chi connectivity index (χ0n) is 8.46. The van der Waals surface area contributed by atoms with Gasteiger partial charge in [-0.05, 0) is 0 Å². The second-order valence-electron chi connectivity index (χ2n) is 3.43. The van der Waals surface area contributed by atoms with Gasteiger partial charge >= 0.3 is 0 Å². The zero-order valence-corrected chi connectivity index (χ0v) is 10.1. The fourth-order valence-electron chi connectivity index (χ4n) is 1.61. The Hall–Kier alpha value is -0.200. The molecule has 6 heteroatoms. The van der Waals surface area contributed by atoms with Crippen molar-refractivity contribution in [3.8, 4) is 0 Å².